The third-order valence-electron chi connectivity index (χ3n) is 1.79. The largest absolute Gasteiger partial charge is 0.288 e. The highest BCUT2D eigenvalue weighted by atomic mass is 16.1. The van der Waals surface area contributed by atoms with E-state index in [2.05, 4.69) is 11.6 Å². The van der Waals surface area contributed by atoms with Crippen molar-refractivity contribution in [3.63, 3.8) is 0 Å². The fourth-order valence-electron chi connectivity index (χ4n) is 0.872. The van der Waals surface area contributed by atoms with Crippen molar-refractivity contribution in [3.8, 4) is 0 Å². The average molecular weight is 161 g/mol. The van der Waals surface area contributed by atoms with Gasteiger partial charge in [-0.3, -0.25) is 4.79 Å². The summed E-state index contributed by atoms with van der Waals surface area (Å²) < 4.78 is 0. The van der Waals surface area contributed by atoms with Gasteiger partial charge >= 0.3 is 0 Å². The molecule has 0 saturated carbocycles. The zero-order valence-electron chi connectivity index (χ0n) is 7.29. The minimum Gasteiger partial charge on any atom is -0.288 e. The Morgan fingerprint density at radius 1 is 1.50 bits per heavy atom. The van der Waals surface area contributed by atoms with Gasteiger partial charge in [-0.1, -0.05) is 12.6 Å². The van der Waals surface area contributed by atoms with Crippen LogP contribution in [-0.4, -0.2) is 10.8 Å². The summed E-state index contributed by atoms with van der Waals surface area (Å²) >= 11 is 0. The van der Waals surface area contributed by atoms with Crippen molar-refractivity contribution in [3.05, 3.63) is 41.7 Å². The van der Waals surface area contributed by atoms with Gasteiger partial charge in [0.15, 0.2) is 0 Å². The van der Waals surface area contributed by atoms with Gasteiger partial charge in [-0.25, -0.2) is 4.98 Å². The van der Waals surface area contributed by atoms with E-state index in [1.54, 1.807) is 6.07 Å². The van der Waals surface area contributed by atoms with Crippen molar-refractivity contribution in [2.24, 2.45) is 0 Å². The highest BCUT2D eigenvalue weighted by Crippen LogP contribution is 2.05. The second-order valence-electron chi connectivity index (χ2n) is 2.67. The van der Waals surface area contributed by atoms with Crippen LogP contribution in [-0.2, 0) is 0 Å². The molecule has 0 radical (unpaired) electrons. The average Bonchev–Trinajstić information content (AvgIpc) is 2.08. The topological polar surface area (TPSA) is 30.0 Å². The van der Waals surface area contributed by atoms with Crippen LogP contribution in [0.1, 0.15) is 21.7 Å². The van der Waals surface area contributed by atoms with Crippen LogP contribution >= 0.6 is 0 Å². The zero-order valence-corrected chi connectivity index (χ0v) is 7.29. The third kappa shape index (κ3) is 1.59. The van der Waals surface area contributed by atoms with E-state index in [0.717, 1.165) is 11.3 Å². The van der Waals surface area contributed by atoms with Gasteiger partial charge in [0.05, 0.1) is 0 Å². The van der Waals surface area contributed by atoms with Crippen LogP contribution in [0.4, 0.5) is 0 Å². The zero-order chi connectivity index (χ0) is 9.14. The number of allylic oxidation sites excluding steroid dienone is 1. The molecule has 12 heavy (non-hydrogen) atoms. The monoisotopic (exact) mass is 161 g/mol. The molecule has 1 aromatic heterocycles. The van der Waals surface area contributed by atoms with Gasteiger partial charge in [0.25, 0.3) is 0 Å². The fourth-order valence-corrected chi connectivity index (χ4v) is 0.872. The highest BCUT2D eigenvalue weighted by Gasteiger charge is 2.03. The smallest absolute Gasteiger partial charge is 0.203 e. The van der Waals surface area contributed by atoms with E-state index in [0.29, 0.717) is 5.69 Å². The van der Waals surface area contributed by atoms with Crippen molar-refractivity contribution < 1.29 is 4.79 Å². The molecule has 0 aliphatic carbocycles. The lowest BCUT2D eigenvalue weighted by atomic mass is 10.2. The number of aryl methyl sites for hydroxylation is 2. The summed E-state index contributed by atoms with van der Waals surface area (Å²) in [5.41, 5.74) is 2.45. The first kappa shape index (κ1) is 8.65. The lowest BCUT2D eigenvalue weighted by molar-refractivity contribution is 0.104. The molecule has 1 heterocycles. The molecule has 2 nitrogen and oxygen atoms in total. The molecule has 1 rings (SSSR count). The molecule has 0 spiro atoms. The number of pyridine rings is 1. The second-order valence-corrected chi connectivity index (χ2v) is 2.67. The fraction of sp³-hybridized carbons (Fsp3) is 0.200. The number of aromatic nitrogens is 1. The Morgan fingerprint density at radius 2 is 2.17 bits per heavy atom. The predicted molar refractivity (Wildman–Crippen MR) is 48.2 cm³/mol. The molecule has 0 bridgehead atoms. The third-order valence-corrected chi connectivity index (χ3v) is 1.79. The second kappa shape index (κ2) is 3.30. The summed E-state index contributed by atoms with van der Waals surface area (Å²) in [7, 11) is 0. The van der Waals surface area contributed by atoms with Gasteiger partial charge in [-0.05, 0) is 31.6 Å². The standard InChI is InChI=1S/C10H11NO/c1-4-10(12)9-6-5-7(2)8(3)11-9/h4-6H,1H2,2-3H3. The number of nitrogens with zero attached hydrogens (tertiary/aromatic N) is 1. The molecular formula is C10H11NO. The molecule has 0 aliphatic heterocycles. The van der Waals surface area contributed by atoms with E-state index >= 15 is 0 Å². The quantitative estimate of drug-likeness (QED) is 0.491. The number of ketones is 1. The summed E-state index contributed by atoms with van der Waals surface area (Å²) in [4.78, 5) is 15.2. The van der Waals surface area contributed by atoms with Crippen LogP contribution < -0.4 is 0 Å². The molecule has 0 fully saturated rings. The van der Waals surface area contributed by atoms with Gasteiger partial charge in [0.2, 0.25) is 5.78 Å². The van der Waals surface area contributed by atoms with Crippen LogP contribution in [0.3, 0.4) is 0 Å². The predicted octanol–water partition coefficient (Wildman–Crippen LogP) is 2.07. The van der Waals surface area contributed by atoms with Gasteiger partial charge in [-0.15, -0.1) is 0 Å². The highest BCUT2D eigenvalue weighted by molar-refractivity contribution is 6.02. The van der Waals surface area contributed by atoms with Crippen LogP contribution in [0.5, 0.6) is 0 Å². The number of carbonyl (C=O) groups is 1. The first-order chi connectivity index (χ1) is 5.65. The lowest BCUT2D eigenvalue weighted by Crippen LogP contribution is -2.00. The molecule has 0 amide bonds. The molecular weight excluding hydrogens is 150 g/mol. The van der Waals surface area contributed by atoms with Gasteiger partial charge in [-0.2, -0.15) is 0 Å². The van der Waals surface area contributed by atoms with Crippen molar-refractivity contribution in [2.45, 2.75) is 13.8 Å². The normalized spacial score (nSPS) is 9.50. The molecule has 0 saturated heterocycles. The first-order valence-corrected chi connectivity index (χ1v) is 3.76. The molecule has 0 aliphatic rings. The number of rotatable bonds is 2. The Bertz CT molecular complexity index is 329. The molecule has 0 N–H and O–H groups in total. The molecule has 0 unspecified atom stereocenters. The summed E-state index contributed by atoms with van der Waals surface area (Å²) in [6.45, 7) is 7.25. The molecule has 62 valence electrons. The number of hydrogen-bond donors (Lipinski definition) is 0. The van der Waals surface area contributed by atoms with Gasteiger partial charge in [0, 0.05) is 5.69 Å². The van der Waals surface area contributed by atoms with Crippen LogP contribution in [0.25, 0.3) is 0 Å². The van der Waals surface area contributed by atoms with Crippen LogP contribution in [0.15, 0.2) is 24.8 Å². The summed E-state index contributed by atoms with van der Waals surface area (Å²) in [5.74, 6) is -0.127. The SMILES string of the molecule is C=CC(=O)c1ccc(C)c(C)n1. The lowest BCUT2D eigenvalue weighted by Gasteiger charge is -1.99. The molecule has 2 heteroatoms. The Balaban J connectivity index is 3.13. The van der Waals surface area contributed by atoms with Crippen molar-refractivity contribution in [1.29, 1.82) is 0 Å². The maximum absolute atomic E-state index is 11.1. The van der Waals surface area contributed by atoms with E-state index in [1.807, 2.05) is 19.9 Å². The molecule has 0 aromatic carbocycles. The number of carbonyl (C=O) groups excluding carboxylic acids is 1. The Labute approximate surface area is 71.9 Å². The minimum atomic E-state index is -0.127. The van der Waals surface area contributed by atoms with E-state index < -0.39 is 0 Å². The van der Waals surface area contributed by atoms with E-state index in [-0.39, 0.29) is 5.78 Å². The maximum atomic E-state index is 11.1. The van der Waals surface area contributed by atoms with Crippen molar-refractivity contribution in [1.82, 2.24) is 4.98 Å². The summed E-state index contributed by atoms with van der Waals surface area (Å²) in [5, 5.41) is 0. The van der Waals surface area contributed by atoms with Crippen molar-refractivity contribution >= 4 is 5.78 Å². The first-order valence-electron chi connectivity index (χ1n) is 3.76. The van der Waals surface area contributed by atoms with E-state index in [9.17, 15) is 4.79 Å². The van der Waals surface area contributed by atoms with Gasteiger partial charge in [0.1, 0.15) is 5.69 Å². The Kier molecular flexibility index (Phi) is 2.38. The van der Waals surface area contributed by atoms with Gasteiger partial charge < -0.3 is 0 Å². The van der Waals surface area contributed by atoms with Crippen LogP contribution in [0.2, 0.25) is 0 Å². The van der Waals surface area contributed by atoms with E-state index in [1.165, 1.54) is 6.08 Å². The van der Waals surface area contributed by atoms with Crippen molar-refractivity contribution in [2.75, 3.05) is 0 Å². The Hall–Kier alpha value is -1.44. The van der Waals surface area contributed by atoms with Crippen LogP contribution in [0, 0.1) is 13.8 Å². The minimum absolute atomic E-state index is 0.127. The maximum Gasteiger partial charge on any atom is 0.203 e. The molecule has 0 atom stereocenters. The summed E-state index contributed by atoms with van der Waals surface area (Å²) in [6, 6.07) is 3.60. The number of hydrogen-bond acceptors (Lipinski definition) is 2. The molecule has 1 aromatic rings. The van der Waals surface area contributed by atoms with E-state index in [4.69, 9.17) is 0 Å². The Morgan fingerprint density at radius 3 is 2.67 bits per heavy atom. The summed E-state index contributed by atoms with van der Waals surface area (Å²) in [6.07, 6.45) is 1.27.